The van der Waals surface area contributed by atoms with Gasteiger partial charge in [0.25, 0.3) is 0 Å². The number of likely N-dealkylation sites (tertiary alicyclic amines) is 1. The second kappa shape index (κ2) is 6.85. The van der Waals surface area contributed by atoms with E-state index < -0.39 is 0 Å². The SMILES string of the molecule is CCN1CCCC(N2CCOC(C(C)N)C2)CC1. The zero-order valence-electron chi connectivity index (χ0n) is 12.0. The van der Waals surface area contributed by atoms with E-state index in [2.05, 4.69) is 23.6 Å². The molecule has 0 aromatic rings. The fourth-order valence-electron chi connectivity index (χ4n) is 3.17. The minimum Gasteiger partial charge on any atom is -0.374 e. The number of hydrogen-bond acceptors (Lipinski definition) is 4. The molecule has 4 nitrogen and oxygen atoms in total. The van der Waals surface area contributed by atoms with Crippen molar-refractivity contribution in [2.45, 2.75) is 51.3 Å². The molecule has 0 radical (unpaired) electrons. The molecule has 18 heavy (non-hydrogen) atoms. The first-order valence-electron chi connectivity index (χ1n) is 7.54. The Morgan fingerprint density at radius 2 is 2.11 bits per heavy atom. The molecule has 2 rings (SSSR count). The number of nitrogens with zero attached hydrogens (tertiary/aromatic N) is 2. The second-order valence-electron chi connectivity index (χ2n) is 5.78. The number of hydrogen-bond donors (Lipinski definition) is 1. The van der Waals surface area contributed by atoms with Crippen LogP contribution in [0.5, 0.6) is 0 Å². The van der Waals surface area contributed by atoms with Gasteiger partial charge in [-0.25, -0.2) is 0 Å². The van der Waals surface area contributed by atoms with Gasteiger partial charge in [0, 0.05) is 25.2 Å². The molecular weight excluding hydrogens is 226 g/mol. The average Bonchev–Trinajstić information content (AvgIpc) is 2.64. The summed E-state index contributed by atoms with van der Waals surface area (Å²) in [5.74, 6) is 0. The molecule has 0 aromatic heterocycles. The summed E-state index contributed by atoms with van der Waals surface area (Å²) in [5, 5.41) is 0. The summed E-state index contributed by atoms with van der Waals surface area (Å²) in [6.45, 7) is 11.0. The van der Waals surface area contributed by atoms with Crippen molar-refractivity contribution in [2.24, 2.45) is 5.73 Å². The van der Waals surface area contributed by atoms with Crippen molar-refractivity contribution < 1.29 is 4.74 Å². The number of nitrogens with two attached hydrogens (primary N) is 1. The highest BCUT2D eigenvalue weighted by atomic mass is 16.5. The largest absolute Gasteiger partial charge is 0.374 e. The highest BCUT2D eigenvalue weighted by molar-refractivity contribution is 4.84. The molecule has 0 aliphatic carbocycles. The first kappa shape index (κ1) is 14.3. The third-order valence-corrected chi connectivity index (χ3v) is 4.47. The van der Waals surface area contributed by atoms with Crippen LogP contribution in [0.1, 0.15) is 33.1 Å². The van der Waals surface area contributed by atoms with Crippen LogP contribution in [0.2, 0.25) is 0 Å². The smallest absolute Gasteiger partial charge is 0.0850 e. The van der Waals surface area contributed by atoms with Gasteiger partial charge in [-0.05, 0) is 45.8 Å². The molecule has 0 saturated carbocycles. The van der Waals surface area contributed by atoms with E-state index in [-0.39, 0.29) is 12.1 Å². The summed E-state index contributed by atoms with van der Waals surface area (Å²) >= 11 is 0. The lowest BCUT2D eigenvalue weighted by Crippen LogP contribution is -2.52. The Morgan fingerprint density at radius 1 is 1.28 bits per heavy atom. The maximum Gasteiger partial charge on any atom is 0.0850 e. The molecular formula is C14H29N3O. The zero-order valence-corrected chi connectivity index (χ0v) is 12.0. The van der Waals surface area contributed by atoms with Gasteiger partial charge in [-0.1, -0.05) is 6.92 Å². The molecule has 0 aromatic carbocycles. The van der Waals surface area contributed by atoms with E-state index in [0.29, 0.717) is 0 Å². The Bertz CT molecular complexity index is 247. The molecule has 2 heterocycles. The van der Waals surface area contributed by atoms with Gasteiger partial charge in [0.2, 0.25) is 0 Å². The van der Waals surface area contributed by atoms with Crippen molar-refractivity contribution in [1.82, 2.24) is 9.80 Å². The molecule has 2 aliphatic heterocycles. The monoisotopic (exact) mass is 255 g/mol. The number of morpholine rings is 1. The quantitative estimate of drug-likeness (QED) is 0.814. The van der Waals surface area contributed by atoms with Gasteiger partial charge in [0.15, 0.2) is 0 Å². The topological polar surface area (TPSA) is 41.7 Å². The molecule has 0 amide bonds. The second-order valence-corrected chi connectivity index (χ2v) is 5.78. The van der Waals surface area contributed by atoms with E-state index in [1.807, 2.05) is 0 Å². The van der Waals surface area contributed by atoms with Crippen LogP contribution in [0.4, 0.5) is 0 Å². The molecule has 0 bridgehead atoms. The molecule has 2 saturated heterocycles. The summed E-state index contributed by atoms with van der Waals surface area (Å²) < 4.78 is 5.76. The lowest BCUT2D eigenvalue weighted by Gasteiger charge is -2.39. The number of ether oxygens (including phenoxy) is 1. The maximum absolute atomic E-state index is 5.97. The van der Waals surface area contributed by atoms with Crippen molar-refractivity contribution in [2.75, 3.05) is 39.3 Å². The number of rotatable bonds is 3. The molecule has 0 spiro atoms. The molecule has 2 N–H and O–H groups in total. The van der Waals surface area contributed by atoms with Gasteiger partial charge >= 0.3 is 0 Å². The third-order valence-electron chi connectivity index (χ3n) is 4.47. The van der Waals surface area contributed by atoms with E-state index in [1.54, 1.807) is 0 Å². The van der Waals surface area contributed by atoms with Crippen molar-refractivity contribution in [3.63, 3.8) is 0 Å². The van der Waals surface area contributed by atoms with Crippen molar-refractivity contribution in [3.8, 4) is 0 Å². The molecule has 2 aliphatic rings. The van der Waals surface area contributed by atoms with Crippen LogP contribution in [0.3, 0.4) is 0 Å². The highest BCUT2D eigenvalue weighted by Crippen LogP contribution is 2.20. The lowest BCUT2D eigenvalue weighted by atomic mass is 10.0. The van der Waals surface area contributed by atoms with E-state index in [1.165, 1.54) is 38.9 Å². The normalized spacial score (nSPS) is 34.2. The van der Waals surface area contributed by atoms with Gasteiger partial charge in [-0.3, -0.25) is 4.90 Å². The Balaban J connectivity index is 1.86. The third kappa shape index (κ3) is 3.67. The minimum atomic E-state index is 0.144. The minimum absolute atomic E-state index is 0.144. The van der Waals surface area contributed by atoms with Gasteiger partial charge in [-0.2, -0.15) is 0 Å². The summed E-state index contributed by atoms with van der Waals surface area (Å²) in [4.78, 5) is 5.19. The van der Waals surface area contributed by atoms with Crippen LogP contribution < -0.4 is 5.73 Å². The van der Waals surface area contributed by atoms with Crippen LogP contribution in [-0.4, -0.2) is 67.3 Å². The van der Waals surface area contributed by atoms with Gasteiger partial charge in [-0.15, -0.1) is 0 Å². The molecule has 4 heteroatoms. The van der Waals surface area contributed by atoms with Crippen LogP contribution >= 0.6 is 0 Å². The molecule has 106 valence electrons. The summed E-state index contributed by atoms with van der Waals surface area (Å²) in [7, 11) is 0. The average molecular weight is 255 g/mol. The highest BCUT2D eigenvalue weighted by Gasteiger charge is 2.29. The fourth-order valence-corrected chi connectivity index (χ4v) is 3.17. The van der Waals surface area contributed by atoms with Crippen LogP contribution in [0.15, 0.2) is 0 Å². The Hall–Kier alpha value is -0.160. The van der Waals surface area contributed by atoms with E-state index in [4.69, 9.17) is 10.5 Å². The van der Waals surface area contributed by atoms with E-state index in [0.717, 1.165) is 25.7 Å². The van der Waals surface area contributed by atoms with E-state index in [9.17, 15) is 0 Å². The summed E-state index contributed by atoms with van der Waals surface area (Å²) in [6, 6.07) is 0.886. The standard InChI is InChI=1S/C14H29N3O/c1-3-16-7-4-5-13(6-8-16)17-9-10-18-14(11-17)12(2)15/h12-14H,3-11,15H2,1-2H3. The van der Waals surface area contributed by atoms with Gasteiger partial charge < -0.3 is 15.4 Å². The van der Waals surface area contributed by atoms with Crippen molar-refractivity contribution in [3.05, 3.63) is 0 Å². The van der Waals surface area contributed by atoms with E-state index >= 15 is 0 Å². The van der Waals surface area contributed by atoms with Crippen molar-refractivity contribution in [1.29, 1.82) is 0 Å². The predicted octanol–water partition coefficient (Wildman–Crippen LogP) is 0.909. The zero-order chi connectivity index (χ0) is 13.0. The Labute approximate surface area is 111 Å². The molecule has 2 fully saturated rings. The maximum atomic E-state index is 5.97. The van der Waals surface area contributed by atoms with Crippen LogP contribution in [0, 0.1) is 0 Å². The van der Waals surface area contributed by atoms with Crippen LogP contribution in [0.25, 0.3) is 0 Å². The van der Waals surface area contributed by atoms with Gasteiger partial charge in [0.05, 0.1) is 12.7 Å². The Morgan fingerprint density at radius 3 is 2.83 bits per heavy atom. The first-order chi connectivity index (χ1) is 8.70. The first-order valence-corrected chi connectivity index (χ1v) is 7.54. The fraction of sp³-hybridized carbons (Fsp3) is 1.00. The molecule has 3 atom stereocenters. The van der Waals surface area contributed by atoms with Crippen LogP contribution in [-0.2, 0) is 4.74 Å². The summed E-state index contributed by atoms with van der Waals surface area (Å²) in [5.41, 5.74) is 5.97. The predicted molar refractivity (Wildman–Crippen MR) is 74.7 cm³/mol. The summed E-state index contributed by atoms with van der Waals surface area (Å²) in [6.07, 6.45) is 4.20. The molecule has 3 unspecified atom stereocenters. The lowest BCUT2D eigenvalue weighted by molar-refractivity contribution is -0.0532. The van der Waals surface area contributed by atoms with Gasteiger partial charge in [0.1, 0.15) is 0 Å². The Kier molecular flexibility index (Phi) is 5.42. The van der Waals surface area contributed by atoms with Crippen molar-refractivity contribution >= 4 is 0 Å².